The summed E-state index contributed by atoms with van der Waals surface area (Å²) in [5.41, 5.74) is 0.807. The highest BCUT2D eigenvalue weighted by Gasteiger charge is 2.46. The van der Waals surface area contributed by atoms with Gasteiger partial charge in [-0.05, 0) is 69.7 Å². The average molecular weight is 342 g/mol. The fourth-order valence-electron chi connectivity index (χ4n) is 5.29. The van der Waals surface area contributed by atoms with Crippen molar-refractivity contribution < 1.29 is 9.53 Å². The number of carbonyl (C=O) groups excluding carboxylic acids is 1. The lowest BCUT2D eigenvalue weighted by atomic mass is 9.67. The van der Waals surface area contributed by atoms with E-state index in [1.807, 2.05) is 30.3 Å². The van der Waals surface area contributed by atoms with Crippen molar-refractivity contribution in [1.29, 1.82) is 0 Å². The molecule has 0 spiro atoms. The van der Waals surface area contributed by atoms with Gasteiger partial charge in [0, 0.05) is 17.6 Å². The number of benzene rings is 1. The SMILES string of the molecule is O=C(Nc1ccccc1)O[C@@H]1[C@H]2CCC[C@@H]1[C@@H](N1CCCCC1)CC2. The van der Waals surface area contributed by atoms with Gasteiger partial charge in [-0.2, -0.15) is 0 Å². The molecule has 3 fully saturated rings. The van der Waals surface area contributed by atoms with Crippen molar-refractivity contribution in [1.82, 2.24) is 4.90 Å². The topological polar surface area (TPSA) is 41.6 Å². The van der Waals surface area contributed by atoms with E-state index in [0.29, 0.717) is 17.9 Å². The first-order valence-corrected chi connectivity index (χ1v) is 10.1. The smallest absolute Gasteiger partial charge is 0.411 e. The van der Waals surface area contributed by atoms with Crippen LogP contribution in [0.15, 0.2) is 30.3 Å². The van der Waals surface area contributed by atoms with Crippen molar-refractivity contribution in [3.63, 3.8) is 0 Å². The van der Waals surface area contributed by atoms with E-state index in [1.165, 1.54) is 64.5 Å². The van der Waals surface area contributed by atoms with Gasteiger partial charge in [-0.1, -0.05) is 31.0 Å². The third kappa shape index (κ3) is 3.84. The molecule has 25 heavy (non-hydrogen) atoms. The maximum atomic E-state index is 12.4. The summed E-state index contributed by atoms with van der Waals surface area (Å²) in [4.78, 5) is 15.1. The molecule has 1 N–H and O–H groups in total. The molecule has 1 saturated heterocycles. The van der Waals surface area contributed by atoms with Gasteiger partial charge in [0.05, 0.1) is 0 Å². The minimum atomic E-state index is -0.285. The summed E-state index contributed by atoms with van der Waals surface area (Å²) in [7, 11) is 0. The Morgan fingerprint density at radius 2 is 1.76 bits per heavy atom. The Balaban J connectivity index is 1.42. The predicted octanol–water partition coefficient (Wildman–Crippen LogP) is 4.67. The van der Waals surface area contributed by atoms with Crippen LogP contribution in [-0.4, -0.2) is 36.2 Å². The van der Waals surface area contributed by atoms with Gasteiger partial charge in [0.1, 0.15) is 6.10 Å². The second-order valence-corrected chi connectivity index (χ2v) is 7.96. The zero-order chi connectivity index (χ0) is 17.1. The fraction of sp³-hybridized carbons (Fsp3) is 0.667. The van der Waals surface area contributed by atoms with E-state index in [4.69, 9.17) is 4.74 Å². The lowest BCUT2D eigenvalue weighted by Crippen LogP contribution is -2.54. The zero-order valence-corrected chi connectivity index (χ0v) is 15.0. The minimum absolute atomic E-state index is 0.0955. The lowest BCUT2D eigenvalue weighted by Gasteiger charge is -2.50. The molecule has 2 aliphatic carbocycles. The summed E-state index contributed by atoms with van der Waals surface area (Å²) < 4.78 is 6.01. The van der Waals surface area contributed by atoms with Crippen LogP contribution < -0.4 is 5.32 Å². The van der Waals surface area contributed by atoms with E-state index >= 15 is 0 Å². The van der Waals surface area contributed by atoms with Gasteiger partial charge in [-0.25, -0.2) is 4.79 Å². The second-order valence-electron chi connectivity index (χ2n) is 7.96. The van der Waals surface area contributed by atoms with Gasteiger partial charge >= 0.3 is 6.09 Å². The molecule has 1 amide bonds. The van der Waals surface area contributed by atoms with Gasteiger partial charge < -0.3 is 4.74 Å². The average Bonchev–Trinajstić information content (AvgIpc) is 2.63. The zero-order valence-electron chi connectivity index (χ0n) is 15.0. The molecule has 1 aromatic rings. The summed E-state index contributed by atoms with van der Waals surface area (Å²) >= 11 is 0. The summed E-state index contributed by atoms with van der Waals surface area (Å²) in [5, 5.41) is 2.90. The van der Waals surface area contributed by atoms with Crippen molar-refractivity contribution in [2.75, 3.05) is 18.4 Å². The molecule has 2 saturated carbocycles. The molecule has 4 heteroatoms. The van der Waals surface area contributed by atoms with Gasteiger partial charge in [-0.15, -0.1) is 0 Å². The third-order valence-corrected chi connectivity index (χ3v) is 6.45. The van der Waals surface area contributed by atoms with Crippen molar-refractivity contribution in [3.8, 4) is 0 Å². The number of fused-ring (bicyclic) bond motifs is 2. The van der Waals surface area contributed by atoms with Crippen molar-refractivity contribution >= 4 is 11.8 Å². The van der Waals surface area contributed by atoms with E-state index in [9.17, 15) is 4.79 Å². The molecular formula is C21H30N2O2. The van der Waals surface area contributed by atoms with Crippen LogP contribution in [0.1, 0.15) is 51.4 Å². The number of para-hydroxylation sites is 1. The molecule has 2 bridgehead atoms. The molecule has 0 radical (unpaired) electrons. The second kappa shape index (κ2) is 7.77. The van der Waals surface area contributed by atoms with Gasteiger partial charge in [0.2, 0.25) is 0 Å². The Hall–Kier alpha value is -1.55. The van der Waals surface area contributed by atoms with Crippen LogP contribution in [0.2, 0.25) is 0 Å². The molecule has 136 valence electrons. The number of hydrogen-bond acceptors (Lipinski definition) is 3. The number of amides is 1. The highest BCUT2D eigenvalue weighted by Crippen LogP contribution is 2.44. The number of rotatable bonds is 3. The standard InChI is InChI=1S/C21H30N2O2/c24-21(22-17-9-3-1-4-10-17)25-20-16-8-7-11-18(20)19(13-12-16)23-14-5-2-6-15-23/h1,3-4,9-10,16,18-20H,2,5-8,11-15H2,(H,22,24)/t16-,18+,19-,20+/m0/s1. The first-order chi connectivity index (χ1) is 12.3. The van der Waals surface area contributed by atoms with Crippen LogP contribution >= 0.6 is 0 Å². The van der Waals surface area contributed by atoms with E-state index in [2.05, 4.69) is 10.2 Å². The van der Waals surface area contributed by atoms with Crippen LogP contribution in [0, 0.1) is 11.8 Å². The molecule has 4 atom stereocenters. The third-order valence-electron chi connectivity index (χ3n) is 6.45. The van der Waals surface area contributed by atoms with E-state index in [1.54, 1.807) is 0 Å². The molecule has 0 unspecified atom stereocenters. The maximum absolute atomic E-state index is 12.4. The summed E-state index contributed by atoms with van der Waals surface area (Å²) in [6.45, 7) is 2.46. The number of hydrogen-bond donors (Lipinski definition) is 1. The van der Waals surface area contributed by atoms with Gasteiger partial charge in [0.25, 0.3) is 0 Å². The van der Waals surface area contributed by atoms with Crippen LogP contribution in [0.3, 0.4) is 0 Å². The number of nitrogens with one attached hydrogen (secondary N) is 1. The van der Waals surface area contributed by atoms with Crippen LogP contribution in [0.25, 0.3) is 0 Å². The first-order valence-electron chi connectivity index (χ1n) is 10.1. The minimum Gasteiger partial charge on any atom is -0.445 e. The highest BCUT2D eigenvalue weighted by atomic mass is 16.6. The van der Waals surface area contributed by atoms with Crippen LogP contribution in [0.5, 0.6) is 0 Å². The molecule has 0 aromatic heterocycles. The van der Waals surface area contributed by atoms with Crippen LogP contribution in [-0.2, 0) is 4.74 Å². The van der Waals surface area contributed by atoms with E-state index in [0.717, 1.165) is 5.69 Å². The van der Waals surface area contributed by atoms with Crippen molar-refractivity contribution in [3.05, 3.63) is 30.3 Å². The maximum Gasteiger partial charge on any atom is 0.411 e. The number of anilines is 1. The van der Waals surface area contributed by atoms with Crippen LogP contribution in [0.4, 0.5) is 10.5 Å². The summed E-state index contributed by atoms with van der Waals surface area (Å²) in [6.07, 6.45) is 10.0. The molecule has 4 rings (SSSR count). The van der Waals surface area contributed by atoms with Gasteiger partial charge in [-0.3, -0.25) is 10.2 Å². The largest absolute Gasteiger partial charge is 0.445 e. The normalized spacial score (nSPS) is 32.8. The number of carbonyl (C=O) groups is 1. The Morgan fingerprint density at radius 3 is 2.56 bits per heavy atom. The van der Waals surface area contributed by atoms with E-state index < -0.39 is 0 Å². The molecule has 1 aliphatic heterocycles. The fourth-order valence-corrected chi connectivity index (χ4v) is 5.29. The van der Waals surface area contributed by atoms with Gasteiger partial charge in [0.15, 0.2) is 0 Å². The Bertz CT molecular complexity index is 571. The molecule has 4 nitrogen and oxygen atoms in total. The molecule has 3 aliphatic rings. The summed E-state index contributed by atoms with van der Waals surface area (Å²) in [5.74, 6) is 1.08. The number of piperidine rings is 1. The number of likely N-dealkylation sites (tertiary alicyclic amines) is 1. The number of nitrogens with zero attached hydrogens (tertiary/aromatic N) is 1. The lowest BCUT2D eigenvalue weighted by molar-refractivity contribution is -0.0688. The summed E-state index contributed by atoms with van der Waals surface area (Å²) in [6, 6.07) is 10.2. The quantitative estimate of drug-likeness (QED) is 0.868. The highest BCUT2D eigenvalue weighted by molar-refractivity contribution is 5.84. The monoisotopic (exact) mass is 342 g/mol. The Labute approximate surface area is 150 Å². The Kier molecular flexibility index (Phi) is 5.25. The van der Waals surface area contributed by atoms with E-state index in [-0.39, 0.29) is 12.2 Å². The first kappa shape index (κ1) is 16.9. The molecule has 1 heterocycles. The number of ether oxygens (including phenoxy) is 1. The predicted molar refractivity (Wildman–Crippen MR) is 99.6 cm³/mol. The van der Waals surface area contributed by atoms with Crippen molar-refractivity contribution in [2.45, 2.75) is 63.5 Å². The molecule has 1 aromatic carbocycles. The molecular weight excluding hydrogens is 312 g/mol. The Morgan fingerprint density at radius 1 is 0.960 bits per heavy atom. The van der Waals surface area contributed by atoms with Crippen molar-refractivity contribution in [2.24, 2.45) is 11.8 Å².